The molecule has 9 heteroatoms. The first-order valence-electron chi connectivity index (χ1n) is 12.0. The zero-order valence-electron chi connectivity index (χ0n) is 21.0. The highest BCUT2D eigenvalue weighted by molar-refractivity contribution is 7.89. The number of rotatable bonds is 10. The fraction of sp³-hybridized carbons (Fsp3) is 0.138. The Morgan fingerprint density at radius 2 is 1.53 bits per heavy atom. The molecule has 0 bridgehead atoms. The van der Waals surface area contributed by atoms with Crippen molar-refractivity contribution in [2.75, 3.05) is 7.11 Å². The molecule has 0 saturated carbocycles. The summed E-state index contributed by atoms with van der Waals surface area (Å²) >= 11 is 0. The maximum absolute atomic E-state index is 13.9. The van der Waals surface area contributed by atoms with E-state index in [0.717, 1.165) is 5.69 Å². The summed E-state index contributed by atoms with van der Waals surface area (Å²) in [5, 5.41) is 4.73. The number of sulfonamides is 1. The van der Waals surface area contributed by atoms with E-state index in [4.69, 9.17) is 19.0 Å². The molecule has 3 aromatic carbocycles. The Bertz CT molecular complexity index is 1580. The maximum atomic E-state index is 13.9. The number of benzene rings is 3. The van der Waals surface area contributed by atoms with E-state index in [0.29, 0.717) is 34.4 Å². The summed E-state index contributed by atoms with van der Waals surface area (Å²) in [6.45, 7) is 1.88. The van der Waals surface area contributed by atoms with Crippen LogP contribution in [0.25, 0.3) is 5.69 Å². The van der Waals surface area contributed by atoms with Crippen molar-refractivity contribution in [2.24, 2.45) is 0 Å². The number of hydrogen-bond acceptors (Lipinski definition) is 6. The molecule has 0 N–H and O–H groups in total. The summed E-state index contributed by atoms with van der Waals surface area (Å²) in [5.41, 5.74) is 2.08. The highest BCUT2D eigenvalue weighted by atomic mass is 32.2. The van der Waals surface area contributed by atoms with Gasteiger partial charge in [-0.25, -0.2) is 13.1 Å². The van der Waals surface area contributed by atoms with Crippen molar-refractivity contribution in [3.8, 4) is 23.1 Å². The van der Waals surface area contributed by atoms with E-state index in [1.807, 2.05) is 67.6 Å². The predicted octanol–water partition coefficient (Wildman–Crippen LogP) is 5.97. The van der Waals surface area contributed by atoms with Crippen LogP contribution in [0.5, 0.6) is 17.4 Å². The standard InChI is InChI=1S/C29H27N3O5S/c1-22-28(29(37-25-12-7-4-8-13-25)32(30-22)23-10-5-3-6-11-23)21-31(20-26-14-9-19-36-26)38(33,34)27-17-15-24(35-2)16-18-27/h3-19H,20-21H2,1-2H3. The van der Waals surface area contributed by atoms with Gasteiger partial charge >= 0.3 is 0 Å². The summed E-state index contributed by atoms with van der Waals surface area (Å²) < 4.78 is 47.9. The molecule has 0 amide bonds. The molecular formula is C29H27N3O5S. The first-order chi connectivity index (χ1) is 18.5. The SMILES string of the molecule is COc1ccc(S(=O)(=O)N(Cc2ccco2)Cc2c(C)nn(-c3ccccc3)c2Oc2ccccc2)cc1. The largest absolute Gasteiger partial charge is 0.497 e. The first kappa shape index (κ1) is 25.3. The van der Waals surface area contributed by atoms with Crippen LogP contribution in [-0.2, 0) is 23.1 Å². The van der Waals surface area contributed by atoms with E-state index < -0.39 is 10.0 Å². The van der Waals surface area contributed by atoms with Gasteiger partial charge in [-0.15, -0.1) is 0 Å². The number of para-hydroxylation sites is 2. The number of furan rings is 1. The van der Waals surface area contributed by atoms with Gasteiger partial charge in [0.2, 0.25) is 15.9 Å². The van der Waals surface area contributed by atoms with Gasteiger partial charge in [-0.05, 0) is 67.6 Å². The number of nitrogens with zero attached hydrogens (tertiary/aromatic N) is 3. The fourth-order valence-corrected chi connectivity index (χ4v) is 5.42. The Morgan fingerprint density at radius 1 is 0.842 bits per heavy atom. The highest BCUT2D eigenvalue weighted by Gasteiger charge is 2.30. The lowest BCUT2D eigenvalue weighted by molar-refractivity contribution is 0.351. The van der Waals surface area contributed by atoms with E-state index in [1.165, 1.54) is 29.8 Å². The summed E-state index contributed by atoms with van der Waals surface area (Å²) in [6.07, 6.45) is 1.52. The number of aryl methyl sites for hydroxylation is 1. The second-order valence-corrected chi connectivity index (χ2v) is 10.5. The van der Waals surface area contributed by atoms with Gasteiger partial charge in [0.15, 0.2) is 0 Å². The Balaban J connectivity index is 1.60. The van der Waals surface area contributed by atoms with Gasteiger partial charge in [-0.1, -0.05) is 36.4 Å². The monoisotopic (exact) mass is 529 g/mol. The topological polar surface area (TPSA) is 86.8 Å². The second-order valence-electron chi connectivity index (χ2n) is 8.56. The number of ether oxygens (including phenoxy) is 2. The molecule has 0 fully saturated rings. The quantitative estimate of drug-likeness (QED) is 0.222. The van der Waals surface area contributed by atoms with Crippen LogP contribution in [0.2, 0.25) is 0 Å². The zero-order valence-corrected chi connectivity index (χ0v) is 21.8. The molecule has 194 valence electrons. The summed E-state index contributed by atoms with van der Waals surface area (Å²) in [5.74, 6) is 2.14. The molecule has 0 aliphatic heterocycles. The van der Waals surface area contributed by atoms with Crippen LogP contribution in [0.3, 0.4) is 0 Å². The molecule has 0 aliphatic rings. The van der Waals surface area contributed by atoms with E-state index in [1.54, 1.807) is 28.9 Å². The van der Waals surface area contributed by atoms with E-state index in [2.05, 4.69) is 0 Å². The van der Waals surface area contributed by atoms with Crippen molar-refractivity contribution >= 4 is 10.0 Å². The fourth-order valence-electron chi connectivity index (χ4n) is 4.04. The molecule has 5 aromatic rings. The average Bonchev–Trinajstić information content (AvgIpc) is 3.57. The normalized spacial score (nSPS) is 11.6. The van der Waals surface area contributed by atoms with Crippen molar-refractivity contribution in [1.29, 1.82) is 0 Å². The summed E-state index contributed by atoms with van der Waals surface area (Å²) in [4.78, 5) is 0.142. The van der Waals surface area contributed by atoms with Gasteiger partial charge in [-0.2, -0.15) is 9.40 Å². The number of hydrogen-bond donors (Lipinski definition) is 0. The average molecular weight is 530 g/mol. The molecule has 0 unspecified atom stereocenters. The molecule has 2 aromatic heterocycles. The summed E-state index contributed by atoms with van der Waals surface area (Å²) in [7, 11) is -2.40. The van der Waals surface area contributed by atoms with Crippen LogP contribution >= 0.6 is 0 Å². The molecule has 0 radical (unpaired) electrons. The third-order valence-corrected chi connectivity index (χ3v) is 7.85. The minimum Gasteiger partial charge on any atom is -0.497 e. The Kier molecular flexibility index (Phi) is 7.30. The van der Waals surface area contributed by atoms with Crippen molar-refractivity contribution in [3.05, 3.63) is 120 Å². The zero-order chi connectivity index (χ0) is 26.5. The minimum atomic E-state index is -3.94. The highest BCUT2D eigenvalue weighted by Crippen LogP contribution is 2.33. The molecule has 8 nitrogen and oxygen atoms in total. The molecule has 2 heterocycles. The van der Waals surface area contributed by atoms with Gasteiger partial charge in [0.1, 0.15) is 17.3 Å². The molecule has 0 aliphatic carbocycles. The van der Waals surface area contributed by atoms with E-state index >= 15 is 0 Å². The minimum absolute atomic E-state index is 0.00982. The third kappa shape index (κ3) is 5.34. The second kappa shape index (κ2) is 11.0. The van der Waals surface area contributed by atoms with Crippen molar-refractivity contribution in [1.82, 2.24) is 14.1 Å². The Hall–Kier alpha value is -4.34. The smallest absolute Gasteiger partial charge is 0.243 e. The van der Waals surface area contributed by atoms with E-state index in [9.17, 15) is 8.42 Å². The molecule has 0 saturated heterocycles. The molecule has 0 atom stereocenters. The van der Waals surface area contributed by atoms with Crippen molar-refractivity contribution in [2.45, 2.75) is 24.9 Å². The van der Waals surface area contributed by atoms with Gasteiger partial charge in [0, 0.05) is 6.54 Å². The Morgan fingerprint density at radius 3 is 2.16 bits per heavy atom. The molecular weight excluding hydrogens is 502 g/mol. The number of methoxy groups -OCH3 is 1. The van der Waals surface area contributed by atoms with Crippen molar-refractivity contribution < 1.29 is 22.3 Å². The Labute approximate surface area is 221 Å². The van der Waals surface area contributed by atoms with Gasteiger partial charge in [0.05, 0.1) is 41.8 Å². The van der Waals surface area contributed by atoms with Crippen LogP contribution in [0, 0.1) is 6.92 Å². The van der Waals surface area contributed by atoms with Gasteiger partial charge in [0.25, 0.3) is 0 Å². The molecule has 0 spiro atoms. The predicted molar refractivity (Wildman–Crippen MR) is 143 cm³/mol. The van der Waals surface area contributed by atoms with Crippen LogP contribution in [0.1, 0.15) is 17.0 Å². The van der Waals surface area contributed by atoms with Crippen molar-refractivity contribution in [3.63, 3.8) is 0 Å². The van der Waals surface area contributed by atoms with Crippen LogP contribution in [0.15, 0.2) is 113 Å². The molecule has 5 rings (SSSR count). The lowest BCUT2D eigenvalue weighted by Gasteiger charge is -2.22. The lowest BCUT2D eigenvalue weighted by Crippen LogP contribution is -2.30. The van der Waals surface area contributed by atoms with Gasteiger partial charge in [-0.3, -0.25) is 0 Å². The molecule has 38 heavy (non-hydrogen) atoms. The van der Waals surface area contributed by atoms with Crippen LogP contribution in [0.4, 0.5) is 0 Å². The van der Waals surface area contributed by atoms with Crippen LogP contribution in [-0.4, -0.2) is 29.6 Å². The third-order valence-electron chi connectivity index (χ3n) is 6.04. The van der Waals surface area contributed by atoms with Gasteiger partial charge < -0.3 is 13.9 Å². The first-order valence-corrected chi connectivity index (χ1v) is 13.4. The lowest BCUT2D eigenvalue weighted by atomic mass is 10.2. The van der Waals surface area contributed by atoms with E-state index in [-0.39, 0.29) is 18.0 Å². The summed E-state index contributed by atoms with van der Waals surface area (Å²) in [6, 6.07) is 28.7. The maximum Gasteiger partial charge on any atom is 0.243 e. The van der Waals surface area contributed by atoms with Crippen LogP contribution < -0.4 is 9.47 Å². The number of aromatic nitrogens is 2.